The summed E-state index contributed by atoms with van der Waals surface area (Å²) in [7, 11) is 0. The number of fused-ring (bicyclic) bond motifs is 3. The van der Waals surface area contributed by atoms with Gasteiger partial charge in [0, 0.05) is 17.5 Å². The number of aromatic nitrogens is 2. The SMILES string of the molecule is O=C(CCn1ncc2c(=O)oc3ccccc3c21)Nc1ccc(C(F)(F)F)cc1. The van der Waals surface area contributed by atoms with Gasteiger partial charge in [-0.05, 0) is 36.4 Å². The topological polar surface area (TPSA) is 77.1 Å². The molecule has 0 fully saturated rings. The molecule has 0 saturated heterocycles. The molecule has 2 aromatic heterocycles. The number of hydrogen-bond acceptors (Lipinski definition) is 4. The van der Waals surface area contributed by atoms with Crippen LogP contribution in [-0.4, -0.2) is 15.7 Å². The van der Waals surface area contributed by atoms with Gasteiger partial charge in [-0.2, -0.15) is 18.3 Å². The molecule has 29 heavy (non-hydrogen) atoms. The number of nitrogens with one attached hydrogen (secondary N) is 1. The van der Waals surface area contributed by atoms with Gasteiger partial charge in [0.15, 0.2) is 0 Å². The summed E-state index contributed by atoms with van der Waals surface area (Å²) in [5.41, 5.74) is -0.0528. The maximum Gasteiger partial charge on any atom is 0.416 e. The molecule has 0 aliphatic rings. The molecule has 1 amide bonds. The van der Waals surface area contributed by atoms with Crippen molar-refractivity contribution in [3.05, 3.63) is 70.7 Å². The van der Waals surface area contributed by atoms with E-state index in [0.29, 0.717) is 21.9 Å². The van der Waals surface area contributed by atoms with Crippen molar-refractivity contribution in [1.82, 2.24) is 9.78 Å². The number of carbonyl (C=O) groups is 1. The Morgan fingerprint density at radius 3 is 2.52 bits per heavy atom. The smallest absolute Gasteiger partial charge is 0.416 e. The third-order valence-electron chi connectivity index (χ3n) is 4.45. The molecule has 0 atom stereocenters. The molecule has 0 bridgehead atoms. The van der Waals surface area contributed by atoms with Gasteiger partial charge in [0.1, 0.15) is 11.0 Å². The third-order valence-corrected chi connectivity index (χ3v) is 4.45. The van der Waals surface area contributed by atoms with E-state index in [1.54, 1.807) is 28.9 Å². The van der Waals surface area contributed by atoms with Crippen LogP contribution in [0.5, 0.6) is 0 Å². The van der Waals surface area contributed by atoms with Crippen LogP contribution in [0.25, 0.3) is 21.9 Å². The lowest BCUT2D eigenvalue weighted by atomic mass is 10.2. The van der Waals surface area contributed by atoms with E-state index >= 15 is 0 Å². The number of rotatable bonds is 4. The standard InChI is InChI=1S/C20H14F3N3O3/c21-20(22,23)12-5-7-13(8-6-12)25-17(27)9-10-26-18-14-3-1-2-4-16(14)29-19(28)15(18)11-24-26/h1-8,11H,9-10H2,(H,25,27). The first-order chi connectivity index (χ1) is 13.8. The van der Waals surface area contributed by atoms with Crippen molar-refractivity contribution >= 4 is 33.5 Å². The molecule has 1 N–H and O–H groups in total. The Hall–Kier alpha value is -3.62. The molecule has 0 saturated carbocycles. The molecule has 0 unspecified atom stereocenters. The highest BCUT2D eigenvalue weighted by Gasteiger charge is 2.30. The lowest BCUT2D eigenvalue weighted by molar-refractivity contribution is -0.137. The predicted molar refractivity (Wildman–Crippen MR) is 100 cm³/mol. The van der Waals surface area contributed by atoms with Crippen LogP contribution in [0.2, 0.25) is 0 Å². The van der Waals surface area contributed by atoms with Crippen LogP contribution in [0.15, 0.2) is 63.9 Å². The van der Waals surface area contributed by atoms with Crippen molar-refractivity contribution in [2.45, 2.75) is 19.1 Å². The Balaban J connectivity index is 1.51. The van der Waals surface area contributed by atoms with Gasteiger partial charge in [-0.25, -0.2) is 4.79 Å². The summed E-state index contributed by atoms with van der Waals surface area (Å²) in [5.74, 6) is -0.388. The fourth-order valence-corrected chi connectivity index (χ4v) is 3.07. The lowest BCUT2D eigenvalue weighted by Crippen LogP contribution is -2.15. The number of nitrogens with zero attached hydrogens (tertiary/aromatic N) is 2. The second-order valence-corrected chi connectivity index (χ2v) is 6.39. The minimum Gasteiger partial charge on any atom is -0.422 e. The minimum atomic E-state index is -4.43. The highest BCUT2D eigenvalue weighted by Crippen LogP contribution is 2.30. The fourth-order valence-electron chi connectivity index (χ4n) is 3.07. The maximum absolute atomic E-state index is 12.6. The Kier molecular flexibility index (Phi) is 4.57. The van der Waals surface area contributed by atoms with Crippen molar-refractivity contribution < 1.29 is 22.4 Å². The molecule has 2 heterocycles. The average molecular weight is 401 g/mol. The van der Waals surface area contributed by atoms with Gasteiger partial charge in [0.05, 0.1) is 23.8 Å². The predicted octanol–water partition coefficient (Wildman–Crippen LogP) is 4.19. The summed E-state index contributed by atoms with van der Waals surface area (Å²) in [4.78, 5) is 24.3. The van der Waals surface area contributed by atoms with Gasteiger partial charge in [-0.15, -0.1) is 0 Å². The second kappa shape index (κ2) is 7.08. The lowest BCUT2D eigenvalue weighted by Gasteiger charge is -2.09. The van der Waals surface area contributed by atoms with Crippen LogP contribution in [0.1, 0.15) is 12.0 Å². The maximum atomic E-state index is 12.6. The number of alkyl halides is 3. The number of amides is 1. The molecule has 6 nitrogen and oxygen atoms in total. The Bertz CT molecular complexity index is 1260. The Morgan fingerprint density at radius 2 is 1.79 bits per heavy atom. The van der Waals surface area contributed by atoms with Crippen molar-refractivity contribution in [3.63, 3.8) is 0 Å². The molecule has 148 valence electrons. The third kappa shape index (κ3) is 3.71. The molecule has 9 heteroatoms. The molecule has 4 rings (SSSR count). The van der Waals surface area contributed by atoms with Crippen molar-refractivity contribution in [2.24, 2.45) is 0 Å². The Morgan fingerprint density at radius 1 is 1.07 bits per heavy atom. The molecule has 0 radical (unpaired) electrons. The number of carbonyl (C=O) groups excluding carboxylic acids is 1. The van der Waals surface area contributed by atoms with E-state index in [4.69, 9.17) is 4.42 Å². The quantitative estimate of drug-likeness (QED) is 0.520. The molecule has 0 aliphatic carbocycles. The van der Waals surface area contributed by atoms with Crippen LogP contribution < -0.4 is 10.9 Å². The normalized spacial score (nSPS) is 11.8. The Labute approximate surface area is 161 Å². The summed E-state index contributed by atoms with van der Waals surface area (Å²) in [6, 6.07) is 11.2. The van der Waals surface area contributed by atoms with E-state index < -0.39 is 17.4 Å². The summed E-state index contributed by atoms with van der Waals surface area (Å²) < 4.78 is 44.6. The number of para-hydroxylation sites is 1. The van der Waals surface area contributed by atoms with Crippen LogP contribution in [0.4, 0.5) is 18.9 Å². The van der Waals surface area contributed by atoms with Crippen molar-refractivity contribution in [1.29, 1.82) is 0 Å². The van der Waals surface area contributed by atoms with E-state index in [1.807, 2.05) is 0 Å². The number of aryl methyl sites for hydroxylation is 1. The molecular weight excluding hydrogens is 387 g/mol. The van der Waals surface area contributed by atoms with Gasteiger partial charge >= 0.3 is 11.8 Å². The van der Waals surface area contributed by atoms with E-state index in [9.17, 15) is 22.8 Å². The van der Waals surface area contributed by atoms with Crippen LogP contribution in [-0.2, 0) is 17.5 Å². The highest BCUT2D eigenvalue weighted by molar-refractivity contribution is 6.01. The molecular formula is C20H14F3N3O3. The summed E-state index contributed by atoms with van der Waals surface area (Å²) in [6.45, 7) is 0.184. The number of benzene rings is 2. The first kappa shape index (κ1) is 18.7. The van der Waals surface area contributed by atoms with Crippen LogP contribution >= 0.6 is 0 Å². The first-order valence-electron chi connectivity index (χ1n) is 8.67. The zero-order chi connectivity index (χ0) is 20.6. The monoisotopic (exact) mass is 401 g/mol. The highest BCUT2D eigenvalue weighted by atomic mass is 19.4. The van der Waals surface area contributed by atoms with Gasteiger partial charge in [0.25, 0.3) is 0 Å². The van der Waals surface area contributed by atoms with Gasteiger partial charge < -0.3 is 9.73 Å². The zero-order valence-electron chi connectivity index (χ0n) is 14.9. The van der Waals surface area contributed by atoms with E-state index in [-0.39, 0.29) is 24.6 Å². The summed E-state index contributed by atoms with van der Waals surface area (Å²) >= 11 is 0. The molecule has 4 aromatic rings. The van der Waals surface area contributed by atoms with E-state index in [0.717, 1.165) is 12.1 Å². The molecule has 2 aromatic carbocycles. The number of hydrogen-bond donors (Lipinski definition) is 1. The minimum absolute atomic E-state index is 0.0202. The zero-order valence-corrected chi connectivity index (χ0v) is 14.9. The molecule has 0 aliphatic heterocycles. The molecule has 0 spiro atoms. The van der Waals surface area contributed by atoms with Gasteiger partial charge in [-0.3, -0.25) is 9.48 Å². The number of halogens is 3. The average Bonchev–Trinajstić information content (AvgIpc) is 3.11. The van der Waals surface area contributed by atoms with Crippen molar-refractivity contribution in [3.8, 4) is 0 Å². The largest absolute Gasteiger partial charge is 0.422 e. The van der Waals surface area contributed by atoms with E-state index in [2.05, 4.69) is 10.4 Å². The summed E-state index contributed by atoms with van der Waals surface area (Å²) in [5, 5.41) is 7.74. The van der Waals surface area contributed by atoms with Crippen LogP contribution in [0.3, 0.4) is 0 Å². The van der Waals surface area contributed by atoms with E-state index in [1.165, 1.54) is 18.3 Å². The van der Waals surface area contributed by atoms with Gasteiger partial charge in [0.2, 0.25) is 5.91 Å². The first-order valence-corrected chi connectivity index (χ1v) is 8.67. The fraction of sp³-hybridized carbons (Fsp3) is 0.150. The van der Waals surface area contributed by atoms with Crippen molar-refractivity contribution in [2.75, 3.05) is 5.32 Å². The number of anilines is 1. The van der Waals surface area contributed by atoms with Gasteiger partial charge in [-0.1, -0.05) is 12.1 Å². The second-order valence-electron chi connectivity index (χ2n) is 6.39. The summed E-state index contributed by atoms with van der Waals surface area (Å²) in [6.07, 6.45) is -3.02. The van der Waals surface area contributed by atoms with Crippen LogP contribution in [0, 0.1) is 0 Å².